The number of carbonyl (C=O) groups is 5. The van der Waals surface area contributed by atoms with Crippen LogP contribution in [-0.4, -0.2) is 95.1 Å². The molecule has 0 saturated heterocycles. The van der Waals surface area contributed by atoms with Crippen LogP contribution in [0.3, 0.4) is 0 Å². The van der Waals surface area contributed by atoms with Crippen LogP contribution in [0.15, 0.2) is 73.3 Å². The van der Waals surface area contributed by atoms with Gasteiger partial charge < -0.3 is 40.4 Å². The van der Waals surface area contributed by atoms with E-state index in [1.165, 1.54) is 33.8 Å². The number of nitrogens with one attached hydrogen (secondary N) is 4. The van der Waals surface area contributed by atoms with Crippen LogP contribution in [0.25, 0.3) is 5.69 Å². The lowest BCUT2D eigenvalue weighted by molar-refractivity contribution is -0.132. The van der Waals surface area contributed by atoms with E-state index in [1.54, 1.807) is 64.1 Å². The normalized spacial score (nSPS) is 17.8. The molecule has 0 unspecified atom stereocenters. The molecule has 2 atom stereocenters. The van der Waals surface area contributed by atoms with Gasteiger partial charge in [-0.15, -0.1) is 10.2 Å². The third kappa shape index (κ3) is 10.4. The van der Waals surface area contributed by atoms with Gasteiger partial charge >= 0.3 is 0 Å². The number of amides is 5. The minimum absolute atomic E-state index is 0.0130. The first-order valence-electron chi connectivity index (χ1n) is 17.9. The largest absolute Gasteiger partial charge is 0.493 e. The standard InChI is InChI=1S/C39H46N8O8/c1-24(2)35-38(51)41-21-26-11-13-30(32(18-26)53-4)55-31-14-12-27(20-33(31)54-5)37(50)40-15-17-46(16-7-10-34(48)44-25(3)36(49)45-35)39(52)28-8-6-9-29(19-28)47-22-42-43-23-47/h6,8-9,11-14,18-20,22-25,35H,7,10,15-17,21H2,1-5H3,(H,40,50)(H,41,51)(H,44,48)(H,45,49)/t25-,35+/m1/s1. The first-order valence-corrected chi connectivity index (χ1v) is 17.9. The number of nitrogens with zero attached hydrogens (tertiary/aromatic N) is 4. The van der Waals surface area contributed by atoms with Crippen LogP contribution in [-0.2, 0) is 20.9 Å². The second-order valence-corrected chi connectivity index (χ2v) is 13.3. The van der Waals surface area contributed by atoms with Crippen molar-refractivity contribution in [3.8, 4) is 28.7 Å². The van der Waals surface area contributed by atoms with E-state index in [-0.39, 0.29) is 50.8 Å². The van der Waals surface area contributed by atoms with E-state index in [1.807, 2.05) is 19.9 Å². The summed E-state index contributed by atoms with van der Waals surface area (Å²) in [6.07, 6.45) is 3.32. The van der Waals surface area contributed by atoms with Gasteiger partial charge in [0.25, 0.3) is 11.8 Å². The lowest BCUT2D eigenvalue weighted by Crippen LogP contribution is -2.54. The first-order chi connectivity index (χ1) is 26.5. The number of hydrogen-bond donors (Lipinski definition) is 4. The van der Waals surface area contributed by atoms with Crippen LogP contribution in [0.2, 0.25) is 0 Å². The van der Waals surface area contributed by atoms with Gasteiger partial charge in [0.2, 0.25) is 17.7 Å². The molecule has 16 heteroatoms. The van der Waals surface area contributed by atoms with E-state index in [0.29, 0.717) is 45.4 Å². The second-order valence-electron chi connectivity index (χ2n) is 13.3. The summed E-state index contributed by atoms with van der Waals surface area (Å²) in [5.41, 5.74) is 2.09. The van der Waals surface area contributed by atoms with Crippen LogP contribution in [0, 0.1) is 5.92 Å². The monoisotopic (exact) mass is 754 g/mol. The Bertz CT molecular complexity index is 2000. The first kappa shape index (κ1) is 39.8. The number of hydrogen-bond acceptors (Lipinski definition) is 10. The van der Waals surface area contributed by atoms with Gasteiger partial charge in [-0.2, -0.15) is 0 Å². The van der Waals surface area contributed by atoms with Crippen LogP contribution < -0.4 is 35.5 Å². The van der Waals surface area contributed by atoms with Gasteiger partial charge in [0, 0.05) is 49.4 Å². The molecule has 5 amide bonds. The molecule has 0 aliphatic carbocycles. The molecule has 3 aliphatic rings. The van der Waals surface area contributed by atoms with Crippen LogP contribution in [0.5, 0.6) is 23.0 Å². The number of methoxy groups -OCH3 is 2. The Morgan fingerprint density at radius 1 is 0.855 bits per heavy atom. The summed E-state index contributed by atoms with van der Waals surface area (Å²) in [6.45, 7) is 5.72. The molecule has 0 radical (unpaired) electrons. The van der Waals surface area contributed by atoms with Crippen molar-refractivity contribution in [1.82, 2.24) is 40.9 Å². The topological polar surface area (TPSA) is 195 Å². The van der Waals surface area contributed by atoms with Crippen molar-refractivity contribution in [3.63, 3.8) is 0 Å². The Balaban J connectivity index is 1.40. The van der Waals surface area contributed by atoms with Crippen molar-refractivity contribution in [2.24, 2.45) is 5.92 Å². The van der Waals surface area contributed by atoms with Crippen molar-refractivity contribution in [3.05, 3.63) is 90.0 Å². The number of carbonyl (C=O) groups excluding carboxylic acids is 5. The molecule has 55 heavy (non-hydrogen) atoms. The molecule has 7 rings (SSSR count). The van der Waals surface area contributed by atoms with Crippen molar-refractivity contribution in [2.75, 3.05) is 33.9 Å². The molecule has 4 heterocycles. The Labute approximate surface area is 318 Å². The fourth-order valence-corrected chi connectivity index (χ4v) is 5.88. The molecule has 0 spiro atoms. The van der Waals surface area contributed by atoms with Crippen molar-refractivity contribution >= 4 is 29.5 Å². The highest BCUT2D eigenvalue weighted by atomic mass is 16.5. The minimum Gasteiger partial charge on any atom is -0.493 e. The lowest BCUT2D eigenvalue weighted by Gasteiger charge is -2.25. The summed E-state index contributed by atoms with van der Waals surface area (Å²) in [6, 6.07) is 15.1. The zero-order valence-electron chi connectivity index (χ0n) is 31.5. The van der Waals surface area contributed by atoms with Crippen molar-refractivity contribution in [2.45, 2.75) is 52.2 Å². The molecule has 16 nitrogen and oxygen atoms in total. The van der Waals surface area contributed by atoms with Gasteiger partial charge in [-0.1, -0.05) is 26.0 Å². The maximum absolute atomic E-state index is 13.9. The number of fused-ring (bicyclic) bond motifs is 2. The molecule has 4 bridgehead atoms. The van der Waals surface area contributed by atoms with E-state index >= 15 is 0 Å². The molecule has 0 saturated carbocycles. The van der Waals surface area contributed by atoms with Crippen LogP contribution >= 0.6 is 0 Å². The van der Waals surface area contributed by atoms with E-state index in [0.717, 1.165) is 0 Å². The molecule has 290 valence electrons. The van der Waals surface area contributed by atoms with Gasteiger partial charge in [0.05, 0.1) is 14.2 Å². The maximum atomic E-state index is 13.9. The molecule has 1 aromatic heterocycles. The number of aromatic nitrogens is 3. The van der Waals surface area contributed by atoms with Crippen molar-refractivity contribution < 1.29 is 38.2 Å². The molecular formula is C39H46N8O8. The third-order valence-corrected chi connectivity index (χ3v) is 8.95. The predicted octanol–water partition coefficient (Wildman–Crippen LogP) is 3.00. The second kappa shape index (κ2) is 18.5. The van der Waals surface area contributed by atoms with Gasteiger partial charge in [-0.25, -0.2) is 0 Å². The highest BCUT2D eigenvalue weighted by Crippen LogP contribution is 2.37. The lowest BCUT2D eigenvalue weighted by atomic mass is 10.0. The van der Waals surface area contributed by atoms with Crippen LogP contribution in [0.1, 0.15) is 59.9 Å². The average Bonchev–Trinajstić information content (AvgIpc) is 3.73. The van der Waals surface area contributed by atoms with E-state index in [4.69, 9.17) is 14.2 Å². The minimum atomic E-state index is -0.933. The van der Waals surface area contributed by atoms with Gasteiger partial charge in [-0.05, 0) is 73.4 Å². The molecule has 0 fully saturated rings. The summed E-state index contributed by atoms with van der Waals surface area (Å²) in [5.74, 6) is -0.886. The van der Waals surface area contributed by atoms with Gasteiger partial charge in [0.15, 0.2) is 23.0 Å². The molecule has 3 aliphatic heterocycles. The fraction of sp³-hybridized carbons (Fsp3) is 0.359. The fourth-order valence-electron chi connectivity index (χ4n) is 5.88. The summed E-state index contributed by atoms with van der Waals surface area (Å²) >= 11 is 0. The molecule has 4 aromatic rings. The van der Waals surface area contributed by atoms with E-state index < -0.39 is 35.7 Å². The Morgan fingerprint density at radius 2 is 1.56 bits per heavy atom. The van der Waals surface area contributed by atoms with Crippen LogP contribution in [0.4, 0.5) is 0 Å². The summed E-state index contributed by atoms with van der Waals surface area (Å²) in [5, 5.41) is 18.9. The van der Waals surface area contributed by atoms with Gasteiger partial charge in [0.1, 0.15) is 24.7 Å². The zero-order chi connectivity index (χ0) is 39.5. The smallest absolute Gasteiger partial charge is 0.253 e. The SMILES string of the molecule is COc1cc2ccc1Oc1ccc(cc1OC)C(=O)NCCN(C(=O)c1cccc(-n3cnnc3)c1)CCCC(=O)N[C@H](C)C(=O)N[C@@H](C(C)C)C(=O)NC2. The third-order valence-electron chi connectivity index (χ3n) is 8.95. The van der Waals surface area contributed by atoms with E-state index in [9.17, 15) is 24.0 Å². The number of ether oxygens (including phenoxy) is 3. The highest BCUT2D eigenvalue weighted by Gasteiger charge is 2.27. The number of rotatable bonds is 5. The molecule has 3 aromatic carbocycles. The molecular weight excluding hydrogens is 708 g/mol. The predicted molar refractivity (Wildman–Crippen MR) is 201 cm³/mol. The summed E-state index contributed by atoms with van der Waals surface area (Å²) in [7, 11) is 2.95. The Hall–Kier alpha value is -6.45. The summed E-state index contributed by atoms with van der Waals surface area (Å²) < 4.78 is 18.9. The summed E-state index contributed by atoms with van der Waals surface area (Å²) in [4.78, 5) is 68.1. The zero-order valence-corrected chi connectivity index (χ0v) is 31.5. The quantitative estimate of drug-likeness (QED) is 0.235. The average molecular weight is 755 g/mol. The Kier molecular flexibility index (Phi) is 13.4. The van der Waals surface area contributed by atoms with Gasteiger partial charge in [-0.3, -0.25) is 28.5 Å². The molecule has 4 N–H and O–H groups in total. The van der Waals surface area contributed by atoms with E-state index in [2.05, 4.69) is 31.5 Å². The Morgan fingerprint density at radius 3 is 2.27 bits per heavy atom. The highest BCUT2D eigenvalue weighted by molar-refractivity contribution is 5.96. The maximum Gasteiger partial charge on any atom is 0.253 e. The number of benzene rings is 3. The van der Waals surface area contributed by atoms with Crippen molar-refractivity contribution in [1.29, 1.82) is 0 Å².